The summed E-state index contributed by atoms with van der Waals surface area (Å²) in [5.41, 5.74) is 2.92. The number of hydrogen-bond donors (Lipinski definition) is 1. The largest absolute Gasteiger partial charge is 0.495 e. The van der Waals surface area contributed by atoms with Gasteiger partial charge in [-0.05, 0) is 35.7 Å². The first-order valence-electron chi connectivity index (χ1n) is 10.2. The van der Waals surface area contributed by atoms with Gasteiger partial charge in [0.1, 0.15) is 5.75 Å². The lowest BCUT2D eigenvalue weighted by atomic mass is 10.00. The van der Waals surface area contributed by atoms with Gasteiger partial charge in [0.05, 0.1) is 24.2 Å². The summed E-state index contributed by atoms with van der Waals surface area (Å²) >= 11 is 0. The SMILES string of the molecule is CCN(CC)S(=O)(=O)c1ccc(OC)c(NC(=O)CN2CCc3ccccc3C2)c1. The van der Waals surface area contributed by atoms with Crippen LogP contribution in [0.1, 0.15) is 25.0 Å². The number of rotatable bonds is 8. The molecule has 1 N–H and O–H groups in total. The molecule has 0 saturated heterocycles. The smallest absolute Gasteiger partial charge is 0.243 e. The summed E-state index contributed by atoms with van der Waals surface area (Å²) < 4.78 is 32.4. The van der Waals surface area contributed by atoms with E-state index >= 15 is 0 Å². The molecule has 1 heterocycles. The van der Waals surface area contributed by atoms with Crippen LogP contribution in [0.15, 0.2) is 47.4 Å². The van der Waals surface area contributed by atoms with Crippen LogP contribution >= 0.6 is 0 Å². The fourth-order valence-electron chi connectivity index (χ4n) is 3.74. The molecule has 2 aromatic rings. The van der Waals surface area contributed by atoms with Crippen molar-refractivity contribution in [3.8, 4) is 5.75 Å². The van der Waals surface area contributed by atoms with Crippen LogP contribution in [0.2, 0.25) is 0 Å². The molecule has 162 valence electrons. The Bertz CT molecular complexity index is 1000. The van der Waals surface area contributed by atoms with E-state index in [1.54, 1.807) is 19.9 Å². The first-order chi connectivity index (χ1) is 14.4. The maximum atomic E-state index is 12.8. The average molecular weight is 432 g/mol. The van der Waals surface area contributed by atoms with Gasteiger partial charge >= 0.3 is 0 Å². The third-order valence-corrected chi connectivity index (χ3v) is 7.41. The number of fused-ring (bicyclic) bond motifs is 1. The third kappa shape index (κ3) is 4.83. The van der Waals surface area contributed by atoms with E-state index in [1.165, 1.54) is 34.7 Å². The van der Waals surface area contributed by atoms with E-state index in [0.717, 1.165) is 19.5 Å². The van der Waals surface area contributed by atoms with Crippen LogP contribution < -0.4 is 10.1 Å². The summed E-state index contributed by atoms with van der Waals surface area (Å²) in [5.74, 6) is 0.218. The molecule has 0 aromatic heterocycles. The van der Waals surface area contributed by atoms with Crippen molar-refractivity contribution in [1.29, 1.82) is 0 Å². The second kappa shape index (κ2) is 9.59. The van der Waals surface area contributed by atoms with Gasteiger partial charge in [-0.1, -0.05) is 38.1 Å². The van der Waals surface area contributed by atoms with Crippen molar-refractivity contribution in [2.75, 3.05) is 38.6 Å². The van der Waals surface area contributed by atoms with E-state index in [1.807, 2.05) is 12.1 Å². The summed E-state index contributed by atoms with van der Waals surface area (Å²) in [5, 5.41) is 2.83. The monoisotopic (exact) mass is 431 g/mol. The van der Waals surface area contributed by atoms with Crippen LogP contribution in [-0.4, -0.2) is 56.8 Å². The van der Waals surface area contributed by atoms with Crippen LogP contribution in [0.4, 0.5) is 5.69 Å². The Labute approximate surface area is 178 Å². The average Bonchev–Trinajstić information content (AvgIpc) is 2.74. The van der Waals surface area contributed by atoms with E-state index in [4.69, 9.17) is 4.74 Å². The molecule has 2 aromatic carbocycles. The summed E-state index contributed by atoms with van der Waals surface area (Å²) in [6.07, 6.45) is 0.907. The number of hydrogen-bond acceptors (Lipinski definition) is 5. The quantitative estimate of drug-likeness (QED) is 0.695. The van der Waals surface area contributed by atoms with E-state index in [-0.39, 0.29) is 17.3 Å². The number of ether oxygens (including phenoxy) is 1. The molecule has 0 spiro atoms. The lowest BCUT2D eigenvalue weighted by molar-refractivity contribution is -0.117. The topological polar surface area (TPSA) is 79.0 Å². The van der Waals surface area contributed by atoms with Crippen LogP contribution in [-0.2, 0) is 27.8 Å². The van der Waals surface area contributed by atoms with E-state index in [9.17, 15) is 13.2 Å². The first-order valence-corrected chi connectivity index (χ1v) is 11.6. The number of nitrogens with one attached hydrogen (secondary N) is 1. The Hall–Kier alpha value is -2.42. The Kier molecular flexibility index (Phi) is 7.12. The molecule has 1 amide bonds. The van der Waals surface area contributed by atoms with Crippen molar-refractivity contribution >= 4 is 21.6 Å². The minimum Gasteiger partial charge on any atom is -0.495 e. The lowest BCUT2D eigenvalue weighted by Crippen LogP contribution is -2.37. The highest BCUT2D eigenvalue weighted by Crippen LogP contribution is 2.29. The lowest BCUT2D eigenvalue weighted by Gasteiger charge is -2.28. The van der Waals surface area contributed by atoms with Gasteiger partial charge in [-0.25, -0.2) is 8.42 Å². The minimum absolute atomic E-state index is 0.134. The molecular weight excluding hydrogens is 402 g/mol. The predicted molar refractivity (Wildman–Crippen MR) is 117 cm³/mol. The normalized spacial score (nSPS) is 14.4. The van der Waals surface area contributed by atoms with Crippen molar-refractivity contribution in [3.05, 3.63) is 53.6 Å². The highest BCUT2D eigenvalue weighted by atomic mass is 32.2. The summed E-state index contributed by atoms with van der Waals surface area (Å²) in [6, 6.07) is 12.8. The third-order valence-electron chi connectivity index (χ3n) is 5.37. The summed E-state index contributed by atoms with van der Waals surface area (Å²) in [6.45, 7) is 6.10. The van der Waals surface area contributed by atoms with Crippen LogP contribution in [0.3, 0.4) is 0 Å². The maximum absolute atomic E-state index is 12.8. The van der Waals surface area contributed by atoms with Gasteiger partial charge in [-0.2, -0.15) is 4.31 Å². The maximum Gasteiger partial charge on any atom is 0.243 e. The van der Waals surface area contributed by atoms with Gasteiger partial charge in [-0.3, -0.25) is 9.69 Å². The van der Waals surface area contributed by atoms with Crippen LogP contribution in [0, 0.1) is 0 Å². The standard InChI is InChI=1S/C22H29N3O4S/c1-4-25(5-2)30(27,28)19-10-11-21(29-3)20(14-19)23-22(26)16-24-13-12-17-8-6-7-9-18(17)15-24/h6-11,14H,4-5,12-13,15-16H2,1-3H3,(H,23,26). The Morgan fingerprint density at radius 3 is 2.50 bits per heavy atom. The summed E-state index contributed by atoms with van der Waals surface area (Å²) in [7, 11) is -2.14. The van der Waals surface area contributed by atoms with Gasteiger partial charge in [0, 0.05) is 26.2 Å². The number of anilines is 1. The van der Waals surface area contributed by atoms with Gasteiger partial charge < -0.3 is 10.1 Å². The molecule has 0 bridgehead atoms. The molecule has 8 heteroatoms. The van der Waals surface area contributed by atoms with Crippen molar-refractivity contribution in [1.82, 2.24) is 9.21 Å². The molecule has 0 fully saturated rings. The Morgan fingerprint density at radius 2 is 1.83 bits per heavy atom. The predicted octanol–water partition coefficient (Wildman–Crippen LogP) is 2.72. The van der Waals surface area contributed by atoms with Gasteiger partial charge in [0.15, 0.2) is 0 Å². The molecule has 0 radical (unpaired) electrons. The molecule has 0 saturated carbocycles. The zero-order valence-corrected chi connectivity index (χ0v) is 18.5. The van der Waals surface area contributed by atoms with E-state index in [0.29, 0.717) is 24.5 Å². The number of amides is 1. The number of carbonyl (C=O) groups is 1. The van der Waals surface area contributed by atoms with Crippen molar-refractivity contribution in [2.45, 2.75) is 31.7 Å². The zero-order valence-electron chi connectivity index (χ0n) is 17.7. The molecule has 0 unspecified atom stereocenters. The molecule has 0 aliphatic carbocycles. The molecule has 3 rings (SSSR count). The first kappa shape index (κ1) is 22.3. The molecule has 1 aliphatic rings. The van der Waals surface area contributed by atoms with Gasteiger partial charge in [0.2, 0.25) is 15.9 Å². The highest BCUT2D eigenvalue weighted by Gasteiger charge is 2.24. The molecule has 30 heavy (non-hydrogen) atoms. The molecular formula is C22H29N3O4S. The van der Waals surface area contributed by atoms with Crippen LogP contribution in [0.25, 0.3) is 0 Å². The fraction of sp³-hybridized carbons (Fsp3) is 0.409. The Balaban J connectivity index is 1.75. The zero-order chi connectivity index (χ0) is 21.7. The van der Waals surface area contributed by atoms with E-state index < -0.39 is 10.0 Å². The van der Waals surface area contributed by atoms with Gasteiger partial charge in [-0.15, -0.1) is 0 Å². The minimum atomic E-state index is -3.63. The number of carbonyl (C=O) groups excluding carboxylic acids is 1. The number of nitrogens with zero attached hydrogens (tertiary/aromatic N) is 2. The Morgan fingerprint density at radius 1 is 1.13 bits per heavy atom. The second-order valence-corrected chi connectivity index (χ2v) is 9.17. The fourth-order valence-corrected chi connectivity index (χ4v) is 5.22. The van der Waals surface area contributed by atoms with Gasteiger partial charge in [0.25, 0.3) is 0 Å². The number of benzene rings is 2. The van der Waals surface area contributed by atoms with Crippen molar-refractivity contribution in [2.24, 2.45) is 0 Å². The van der Waals surface area contributed by atoms with Crippen LogP contribution in [0.5, 0.6) is 5.75 Å². The number of methoxy groups -OCH3 is 1. The molecule has 7 nitrogen and oxygen atoms in total. The van der Waals surface area contributed by atoms with Crippen molar-refractivity contribution < 1.29 is 17.9 Å². The molecule has 0 atom stereocenters. The summed E-state index contributed by atoms with van der Waals surface area (Å²) in [4.78, 5) is 14.9. The van der Waals surface area contributed by atoms with E-state index in [2.05, 4.69) is 22.3 Å². The van der Waals surface area contributed by atoms with Crippen molar-refractivity contribution in [3.63, 3.8) is 0 Å². The highest BCUT2D eigenvalue weighted by molar-refractivity contribution is 7.89. The number of sulfonamides is 1. The molecule has 1 aliphatic heterocycles. The second-order valence-electron chi connectivity index (χ2n) is 7.23.